The molecule has 0 spiro atoms. The number of halogens is 1. The van der Waals surface area contributed by atoms with Gasteiger partial charge in [-0.25, -0.2) is 4.39 Å². The minimum atomic E-state index is -0.311. The van der Waals surface area contributed by atoms with Gasteiger partial charge in [0.2, 0.25) is 5.91 Å². The lowest BCUT2D eigenvalue weighted by Crippen LogP contribution is -2.39. The summed E-state index contributed by atoms with van der Waals surface area (Å²) < 4.78 is 15.9. The van der Waals surface area contributed by atoms with Crippen molar-refractivity contribution in [3.8, 4) is 0 Å². The highest BCUT2D eigenvalue weighted by molar-refractivity contribution is 5.79. The van der Waals surface area contributed by atoms with Crippen molar-refractivity contribution in [2.24, 2.45) is 0 Å². The molecule has 6 heteroatoms. The zero-order chi connectivity index (χ0) is 18.1. The second-order valence-electron chi connectivity index (χ2n) is 6.91. The van der Waals surface area contributed by atoms with E-state index in [1.165, 1.54) is 6.07 Å². The van der Waals surface area contributed by atoms with Crippen molar-refractivity contribution in [3.63, 3.8) is 0 Å². The van der Waals surface area contributed by atoms with E-state index in [4.69, 9.17) is 0 Å². The van der Waals surface area contributed by atoms with Crippen LogP contribution >= 0.6 is 0 Å². The standard InChI is InChI=1S/C20H21FN4O/c1-14-5-6-17(21)16(12-14)13-19(26)24-10-7-15(8-11-24)20-23-22-18-4-2-3-9-25(18)20/h2-6,9,12,15H,7-8,10-11,13H2,1H3. The number of carbonyl (C=O) groups is 1. The van der Waals surface area contributed by atoms with E-state index in [0.717, 1.165) is 29.9 Å². The zero-order valence-electron chi connectivity index (χ0n) is 14.7. The molecule has 1 aliphatic rings. The van der Waals surface area contributed by atoms with Gasteiger partial charge < -0.3 is 4.90 Å². The average Bonchev–Trinajstić information content (AvgIpc) is 3.09. The molecular formula is C20H21FN4O. The van der Waals surface area contributed by atoms with Crippen LogP contribution in [0.3, 0.4) is 0 Å². The third-order valence-corrected chi connectivity index (χ3v) is 5.10. The minimum Gasteiger partial charge on any atom is -0.342 e. The first-order valence-electron chi connectivity index (χ1n) is 8.94. The largest absolute Gasteiger partial charge is 0.342 e. The number of nitrogens with zero attached hydrogens (tertiary/aromatic N) is 4. The number of piperidine rings is 1. The normalized spacial score (nSPS) is 15.5. The van der Waals surface area contributed by atoms with Crippen molar-refractivity contribution < 1.29 is 9.18 Å². The van der Waals surface area contributed by atoms with Crippen LogP contribution in [0.4, 0.5) is 4.39 Å². The molecule has 4 rings (SSSR count). The van der Waals surface area contributed by atoms with E-state index < -0.39 is 0 Å². The van der Waals surface area contributed by atoms with Crippen molar-refractivity contribution >= 4 is 11.6 Å². The molecule has 0 radical (unpaired) electrons. The fourth-order valence-corrected chi connectivity index (χ4v) is 3.64. The Morgan fingerprint density at radius 1 is 1.19 bits per heavy atom. The fourth-order valence-electron chi connectivity index (χ4n) is 3.64. The Morgan fingerprint density at radius 2 is 2.00 bits per heavy atom. The van der Waals surface area contributed by atoms with Crippen LogP contribution in [0.2, 0.25) is 0 Å². The summed E-state index contributed by atoms with van der Waals surface area (Å²) in [6.45, 7) is 3.24. The fraction of sp³-hybridized carbons (Fsp3) is 0.350. The van der Waals surface area contributed by atoms with E-state index in [-0.39, 0.29) is 24.1 Å². The van der Waals surface area contributed by atoms with Crippen molar-refractivity contribution in [1.29, 1.82) is 0 Å². The van der Waals surface area contributed by atoms with Gasteiger partial charge in [-0.2, -0.15) is 0 Å². The average molecular weight is 352 g/mol. The third-order valence-electron chi connectivity index (χ3n) is 5.10. The molecule has 1 aromatic carbocycles. The van der Waals surface area contributed by atoms with Crippen LogP contribution in [0, 0.1) is 12.7 Å². The van der Waals surface area contributed by atoms with Crippen molar-refractivity contribution in [1.82, 2.24) is 19.5 Å². The van der Waals surface area contributed by atoms with Gasteiger partial charge in [0, 0.05) is 25.2 Å². The van der Waals surface area contributed by atoms with Crippen LogP contribution in [0.5, 0.6) is 0 Å². The highest BCUT2D eigenvalue weighted by atomic mass is 19.1. The molecule has 1 fully saturated rings. The third kappa shape index (κ3) is 3.19. The predicted molar refractivity (Wildman–Crippen MR) is 96.4 cm³/mol. The number of rotatable bonds is 3. The summed E-state index contributed by atoms with van der Waals surface area (Å²) in [6, 6.07) is 10.8. The topological polar surface area (TPSA) is 50.5 Å². The number of carbonyl (C=O) groups excluding carboxylic acids is 1. The van der Waals surface area contributed by atoms with Crippen molar-refractivity contribution in [2.45, 2.75) is 32.1 Å². The molecule has 0 bridgehead atoms. The van der Waals surface area contributed by atoms with Crippen LogP contribution in [0.25, 0.3) is 5.65 Å². The molecule has 1 saturated heterocycles. The van der Waals surface area contributed by atoms with E-state index in [2.05, 4.69) is 10.2 Å². The summed E-state index contributed by atoms with van der Waals surface area (Å²) in [5.74, 6) is 0.914. The SMILES string of the molecule is Cc1ccc(F)c(CC(=O)N2CCC(c3nnc4ccccn34)CC2)c1. The summed E-state index contributed by atoms with van der Waals surface area (Å²) in [4.78, 5) is 14.4. The molecule has 0 saturated carbocycles. The smallest absolute Gasteiger partial charge is 0.227 e. The molecule has 1 amide bonds. The zero-order valence-corrected chi connectivity index (χ0v) is 14.7. The summed E-state index contributed by atoms with van der Waals surface area (Å²) in [5, 5.41) is 8.55. The monoisotopic (exact) mass is 352 g/mol. The summed E-state index contributed by atoms with van der Waals surface area (Å²) in [5.41, 5.74) is 2.28. The summed E-state index contributed by atoms with van der Waals surface area (Å²) in [6.07, 6.45) is 3.78. The highest BCUT2D eigenvalue weighted by Crippen LogP contribution is 2.27. The highest BCUT2D eigenvalue weighted by Gasteiger charge is 2.27. The lowest BCUT2D eigenvalue weighted by Gasteiger charge is -2.31. The molecule has 0 atom stereocenters. The van der Waals surface area contributed by atoms with Crippen molar-refractivity contribution in [3.05, 3.63) is 65.4 Å². The number of aryl methyl sites for hydroxylation is 1. The predicted octanol–water partition coefficient (Wildman–Crippen LogP) is 3.13. The maximum Gasteiger partial charge on any atom is 0.227 e. The van der Waals surface area contributed by atoms with E-state index in [1.54, 1.807) is 12.1 Å². The van der Waals surface area contributed by atoms with E-state index in [1.807, 2.05) is 40.6 Å². The number of amides is 1. The van der Waals surface area contributed by atoms with Gasteiger partial charge in [0.25, 0.3) is 0 Å². The number of pyridine rings is 1. The lowest BCUT2D eigenvalue weighted by atomic mass is 9.95. The molecule has 3 aromatic rings. The summed E-state index contributed by atoms with van der Waals surface area (Å²) >= 11 is 0. The number of aromatic nitrogens is 3. The molecule has 5 nitrogen and oxygen atoms in total. The molecule has 1 aliphatic heterocycles. The number of fused-ring (bicyclic) bond motifs is 1. The number of hydrogen-bond donors (Lipinski definition) is 0. The first kappa shape index (κ1) is 16.7. The van der Waals surface area contributed by atoms with Crippen LogP contribution in [-0.2, 0) is 11.2 Å². The Kier molecular flexibility index (Phi) is 4.41. The second kappa shape index (κ2) is 6.86. The van der Waals surface area contributed by atoms with Crippen LogP contribution in [0.1, 0.15) is 35.7 Å². The van der Waals surface area contributed by atoms with E-state index in [0.29, 0.717) is 18.7 Å². The molecule has 0 aliphatic carbocycles. The molecule has 0 N–H and O–H groups in total. The van der Waals surface area contributed by atoms with Crippen molar-refractivity contribution in [2.75, 3.05) is 13.1 Å². The van der Waals surface area contributed by atoms with Crippen LogP contribution < -0.4 is 0 Å². The molecular weight excluding hydrogens is 331 g/mol. The Morgan fingerprint density at radius 3 is 2.81 bits per heavy atom. The molecule has 134 valence electrons. The van der Waals surface area contributed by atoms with Gasteiger partial charge in [-0.15, -0.1) is 10.2 Å². The Hall–Kier alpha value is -2.76. The summed E-state index contributed by atoms with van der Waals surface area (Å²) in [7, 11) is 0. The van der Waals surface area contributed by atoms with Gasteiger partial charge in [0.15, 0.2) is 5.65 Å². The first-order valence-corrected chi connectivity index (χ1v) is 8.94. The van der Waals surface area contributed by atoms with E-state index in [9.17, 15) is 9.18 Å². The second-order valence-corrected chi connectivity index (χ2v) is 6.91. The van der Waals surface area contributed by atoms with Gasteiger partial charge in [-0.05, 0) is 43.5 Å². The number of benzene rings is 1. The quantitative estimate of drug-likeness (QED) is 0.728. The maximum atomic E-state index is 13.9. The van der Waals surface area contributed by atoms with Gasteiger partial charge in [0.05, 0.1) is 6.42 Å². The maximum absolute atomic E-state index is 13.9. The number of hydrogen-bond acceptors (Lipinski definition) is 3. The van der Waals surface area contributed by atoms with Gasteiger partial charge in [-0.1, -0.05) is 23.8 Å². The molecule has 26 heavy (non-hydrogen) atoms. The van der Waals surface area contributed by atoms with Gasteiger partial charge >= 0.3 is 0 Å². The van der Waals surface area contributed by atoms with Crippen LogP contribution in [0.15, 0.2) is 42.6 Å². The van der Waals surface area contributed by atoms with Crippen LogP contribution in [-0.4, -0.2) is 38.5 Å². The first-order chi connectivity index (χ1) is 12.6. The lowest BCUT2D eigenvalue weighted by molar-refractivity contribution is -0.131. The number of likely N-dealkylation sites (tertiary alicyclic amines) is 1. The Balaban J connectivity index is 1.41. The molecule has 2 aromatic heterocycles. The Bertz CT molecular complexity index is 944. The van der Waals surface area contributed by atoms with Gasteiger partial charge in [0.1, 0.15) is 11.6 Å². The van der Waals surface area contributed by atoms with Gasteiger partial charge in [-0.3, -0.25) is 9.20 Å². The van der Waals surface area contributed by atoms with E-state index >= 15 is 0 Å². The Labute approximate surface area is 151 Å². The molecule has 3 heterocycles. The molecule has 0 unspecified atom stereocenters. The minimum absolute atomic E-state index is 0.0148.